The lowest BCUT2D eigenvalue weighted by Gasteiger charge is -2.33. The van der Waals surface area contributed by atoms with E-state index in [1.165, 1.54) is 69.6 Å². The highest BCUT2D eigenvalue weighted by atomic mass is 32.2. The third-order valence-electron chi connectivity index (χ3n) is 8.18. The fraction of sp³-hybridized carbons (Fsp3) is 0.650. The highest BCUT2D eigenvalue weighted by Crippen LogP contribution is 2.39. The van der Waals surface area contributed by atoms with Crippen molar-refractivity contribution in [2.75, 3.05) is 12.5 Å². The van der Waals surface area contributed by atoms with E-state index in [0.717, 1.165) is 0 Å². The highest BCUT2D eigenvalue weighted by molar-refractivity contribution is 8.31. The zero-order chi connectivity index (χ0) is 34.4. The summed E-state index contributed by atoms with van der Waals surface area (Å²) in [7, 11) is 2.65. The Morgan fingerprint density at radius 3 is 0.727 bits per heavy atom. The van der Waals surface area contributed by atoms with E-state index in [9.17, 15) is 0 Å². The Bertz CT molecular complexity index is 1220. The predicted molar refractivity (Wildman–Crippen MR) is 215 cm³/mol. The summed E-state index contributed by atoms with van der Waals surface area (Å²) in [5, 5.41) is 3.00. The molecule has 0 amide bonds. The van der Waals surface area contributed by atoms with E-state index < -0.39 is 0 Å². The van der Waals surface area contributed by atoms with Crippen molar-refractivity contribution in [3.05, 3.63) is 57.6 Å². The van der Waals surface area contributed by atoms with Gasteiger partial charge in [0, 0.05) is 10.6 Å². The molecule has 0 fully saturated rings. The van der Waals surface area contributed by atoms with Gasteiger partial charge in [-0.05, 0) is 78.4 Å². The summed E-state index contributed by atoms with van der Waals surface area (Å²) in [6.07, 6.45) is 4.56. The van der Waals surface area contributed by atoms with Gasteiger partial charge in [0.1, 0.15) is 0 Å². The van der Waals surface area contributed by atoms with Crippen LogP contribution >= 0.6 is 39.9 Å². The molecule has 0 atom stereocenters. The van der Waals surface area contributed by atoms with Crippen molar-refractivity contribution in [1.82, 2.24) is 0 Å². The number of hydrogen-bond donors (Lipinski definition) is 0. The molecule has 246 valence electrons. The van der Waals surface area contributed by atoms with Crippen LogP contribution in [0.25, 0.3) is 0 Å². The van der Waals surface area contributed by atoms with Gasteiger partial charge in [-0.15, -0.1) is 23.5 Å². The molecule has 0 aliphatic carbocycles. The van der Waals surface area contributed by atoms with E-state index in [1.54, 1.807) is 0 Å². The summed E-state index contributed by atoms with van der Waals surface area (Å²) in [5.74, 6) is 0. The minimum absolute atomic E-state index is 0.0476. The average Bonchev–Trinajstić information content (AvgIpc) is 2.81. The van der Waals surface area contributed by atoms with Gasteiger partial charge < -0.3 is 0 Å². The molecule has 4 heteroatoms. The lowest BCUT2D eigenvalue weighted by atomic mass is 9.75. The predicted octanol–water partition coefficient (Wildman–Crippen LogP) is 12.3. The van der Waals surface area contributed by atoms with Crippen LogP contribution in [0.4, 0.5) is 0 Å². The second-order valence-electron chi connectivity index (χ2n) is 18.6. The molecule has 0 saturated heterocycles. The number of rotatable bonds is 5. The first-order chi connectivity index (χ1) is 19.5. The van der Waals surface area contributed by atoms with Crippen molar-refractivity contribution in [3.8, 4) is 0 Å². The molecule has 2 rings (SSSR count). The fourth-order valence-electron chi connectivity index (χ4n) is 5.23. The zero-order valence-corrected chi connectivity index (χ0v) is 35.4. The van der Waals surface area contributed by atoms with Crippen LogP contribution in [0.1, 0.15) is 158 Å². The molecule has 0 saturated carbocycles. The lowest BCUT2D eigenvalue weighted by Crippen LogP contribution is -2.31. The highest BCUT2D eigenvalue weighted by Gasteiger charge is 2.31. The largest absolute Gasteiger partial charge is 0.123 e. The van der Waals surface area contributed by atoms with Crippen molar-refractivity contribution >= 4 is 59.8 Å². The third-order valence-corrected chi connectivity index (χ3v) is 13.9. The first-order valence-electron chi connectivity index (χ1n) is 16.2. The molecular formula is C40H64P2S2. The van der Waals surface area contributed by atoms with Crippen LogP contribution in [0.5, 0.6) is 0 Å². The van der Waals surface area contributed by atoms with E-state index in [-0.39, 0.29) is 32.5 Å². The van der Waals surface area contributed by atoms with Gasteiger partial charge in [-0.2, -0.15) is 0 Å². The molecule has 0 bridgehead atoms. The SMILES string of the molecule is CSC(=Pc1c(C(C)(C)C)cc(C(C)(C)C)cc1C(C)(C)C)C(=Pc1c(C(C)(C)C)cc(C(C)(C)C)cc1C(C)(C)C)SC. The molecule has 2 aromatic carbocycles. The smallest absolute Gasteiger partial charge is 0.0531 e. The number of thioether (sulfide) groups is 2. The third kappa shape index (κ3) is 9.75. The topological polar surface area (TPSA) is 0 Å². The summed E-state index contributed by atoms with van der Waals surface area (Å²) >= 11 is 3.88. The van der Waals surface area contributed by atoms with Gasteiger partial charge in [-0.25, -0.2) is 0 Å². The molecular weight excluding hydrogens is 607 g/mol. The molecule has 0 nitrogen and oxygen atoms in total. The van der Waals surface area contributed by atoms with Gasteiger partial charge in [0.25, 0.3) is 0 Å². The normalized spacial score (nSPS) is 14.8. The second kappa shape index (κ2) is 13.5. The molecule has 0 N–H and O–H groups in total. The van der Waals surface area contributed by atoms with Gasteiger partial charge in [-0.3, -0.25) is 0 Å². The Morgan fingerprint density at radius 2 is 0.591 bits per heavy atom. The number of hydrogen-bond acceptors (Lipinski definition) is 2. The van der Waals surface area contributed by atoms with Crippen LogP contribution in [-0.4, -0.2) is 21.8 Å². The van der Waals surface area contributed by atoms with E-state index in [1.807, 2.05) is 23.5 Å². The quantitative estimate of drug-likeness (QED) is 0.290. The Morgan fingerprint density at radius 1 is 0.386 bits per heavy atom. The molecule has 0 heterocycles. The first-order valence-corrected chi connectivity index (χ1v) is 20.4. The minimum atomic E-state index is 0.0476. The Labute approximate surface area is 285 Å². The number of benzene rings is 2. The lowest BCUT2D eigenvalue weighted by molar-refractivity contribution is 0.553. The maximum Gasteiger partial charge on any atom is 0.0531 e. The average molecular weight is 671 g/mol. The van der Waals surface area contributed by atoms with E-state index >= 15 is 0 Å². The zero-order valence-electron chi connectivity index (χ0n) is 32.0. The van der Waals surface area contributed by atoms with E-state index in [0.29, 0.717) is 0 Å². The summed E-state index contributed by atoms with van der Waals surface area (Å²) in [4.78, 5) is 0. The summed E-state index contributed by atoms with van der Waals surface area (Å²) in [6.45, 7) is 42.7. The molecule has 0 spiro atoms. The Balaban J connectivity index is 3.13. The maximum absolute atomic E-state index is 2.52. The van der Waals surface area contributed by atoms with Crippen LogP contribution in [0.3, 0.4) is 0 Å². The Hall–Kier alpha value is -0.520. The summed E-state index contributed by atoms with van der Waals surface area (Å²) in [5.41, 5.74) is 9.21. The van der Waals surface area contributed by atoms with Crippen LogP contribution in [0.15, 0.2) is 24.3 Å². The van der Waals surface area contributed by atoms with Crippen molar-refractivity contribution in [1.29, 1.82) is 0 Å². The maximum atomic E-state index is 2.52. The molecule has 0 radical (unpaired) electrons. The van der Waals surface area contributed by atoms with Crippen molar-refractivity contribution in [3.63, 3.8) is 0 Å². The van der Waals surface area contributed by atoms with Crippen molar-refractivity contribution in [2.45, 2.75) is 157 Å². The van der Waals surface area contributed by atoms with Gasteiger partial charge in [-0.1, -0.05) is 165 Å². The molecule has 44 heavy (non-hydrogen) atoms. The second-order valence-corrected chi connectivity index (χ2v) is 23.1. The molecule has 0 unspecified atom stereocenters. The van der Waals surface area contributed by atoms with Crippen LogP contribution in [-0.2, 0) is 32.5 Å². The van der Waals surface area contributed by atoms with Gasteiger partial charge in [0.2, 0.25) is 0 Å². The molecule has 0 aliphatic rings. The van der Waals surface area contributed by atoms with Crippen LogP contribution in [0, 0.1) is 0 Å². The van der Waals surface area contributed by atoms with Crippen molar-refractivity contribution in [2.24, 2.45) is 0 Å². The van der Waals surface area contributed by atoms with Gasteiger partial charge >= 0.3 is 0 Å². The van der Waals surface area contributed by atoms with Crippen LogP contribution in [0.2, 0.25) is 0 Å². The van der Waals surface area contributed by atoms with Gasteiger partial charge in [0.05, 0.1) is 9.25 Å². The molecule has 0 aromatic heterocycles. The first kappa shape index (κ1) is 39.7. The summed E-state index contributed by atoms with van der Waals surface area (Å²) in [6, 6.07) is 10.1. The van der Waals surface area contributed by atoms with Crippen molar-refractivity contribution < 1.29 is 0 Å². The van der Waals surface area contributed by atoms with Crippen LogP contribution < -0.4 is 10.6 Å². The fourth-order valence-corrected chi connectivity index (χ4v) is 11.2. The summed E-state index contributed by atoms with van der Waals surface area (Å²) < 4.78 is 2.94. The van der Waals surface area contributed by atoms with E-state index in [2.05, 4.69) is 161 Å². The van der Waals surface area contributed by atoms with E-state index in [4.69, 9.17) is 0 Å². The molecule has 0 aliphatic heterocycles. The minimum Gasteiger partial charge on any atom is -0.123 e. The molecule has 2 aromatic rings. The van der Waals surface area contributed by atoms with Gasteiger partial charge in [0.15, 0.2) is 0 Å². The Kier molecular flexibility index (Phi) is 12.2. The standard InChI is InChI=1S/C40H64P2S2/c1-35(2,3)25-21-27(37(7,8)9)31(28(22-25)38(10,11)12)41-33(43-19)34(44-20)42-32-29(39(13,14)15)23-26(36(4,5)6)24-30(32)40(16,17)18/h21-24H,1-20H3. The monoisotopic (exact) mass is 670 g/mol.